The maximum Gasteiger partial charge on any atom is 1.00 e. The largest absolute Gasteiger partial charge is 1.00 e. The van der Waals surface area contributed by atoms with Gasteiger partial charge in [0.1, 0.15) is 0 Å². The van der Waals surface area contributed by atoms with E-state index in [1.165, 1.54) is 12.1 Å². The molecule has 0 atom stereocenters. The van der Waals surface area contributed by atoms with E-state index in [9.17, 15) is 10.1 Å². The summed E-state index contributed by atoms with van der Waals surface area (Å²) in [5, 5.41) is 10.0. The van der Waals surface area contributed by atoms with Crippen LogP contribution in [0.5, 0.6) is 0 Å². The third-order valence-electron chi connectivity index (χ3n) is 0.967. The molecule has 0 aliphatic heterocycles. The summed E-state index contributed by atoms with van der Waals surface area (Å²) in [6.07, 6.45) is 0. The summed E-state index contributed by atoms with van der Waals surface area (Å²) in [7, 11) is -2.85. The molecule has 0 aliphatic carbocycles. The van der Waals surface area contributed by atoms with Crippen LogP contribution in [0, 0.1) is 20.9 Å². The molecule has 0 amide bonds. The van der Waals surface area contributed by atoms with Crippen LogP contribution in [0.1, 0.15) is 0 Å². The van der Waals surface area contributed by atoms with Gasteiger partial charge in [-0.2, -0.15) is 0 Å². The first-order valence-corrected chi connectivity index (χ1v) is 3.89. The third kappa shape index (κ3) is 9.87. The van der Waals surface area contributed by atoms with E-state index in [1.807, 2.05) is 0 Å². The fourth-order valence-corrected chi connectivity index (χ4v) is 0.550. The molecule has 1 rings (SSSR count). The summed E-state index contributed by atoms with van der Waals surface area (Å²) in [4.78, 5) is 9.59. The van der Waals surface area contributed by atoms with Crippen LogP contribution in [0.4, 0.5) is 5.69 Å². The van der Waals surface area contributed by atoms with Gasteiger partial charge in [-0.15, -0.1) is 0 Å². The van der Waals surface area contributed by atoms with Crippen LogP contribution in [0.25, 0.3) is 0 Å². The molecule has 0 aromatic heterocycles. The van der Waals surface area contributed by atoms with E-state index in [0.717, 1.165) is 0 Å². The van der Waals surface area contributed by atoms with E-state index in [0.29, 0.717) is 0 Å². The smallest absolute Gasteiger partial charge is 0.357 e. The first-order valence-electron chi connectivity index (χ1n) is 2.96. The van der Waals surface area contributed by atoms with Gasteiger partial charge < -0.3 is 14.0 Å². The van der Waals surface area contributed by atoms with Crippen LogP contribution in [0.2, 0.25) is 0 Å². The number of hydrogen-bond donors (Lipinski definition) is 0. The Morgan fingerprint density at radius 1 is 1.07 bits per heavy atom. The fourth-order valence-electron chi connectivity index (χ4n) is 0.550. The molecule has 0 N–H and O–H groups in total. The number of benzene rings is 1. The first-order chi connectivity index (χ1) is 6.04. The average Bonchev–Trinajstić information content (AvgIpc) is 2.05. The molecule has 0 bridgehead atoms. The Kier molecular flexibility index (Phi) is 10.8. The van der Waals surface area contributed by atoms with E-state index in [-0.39, 0.29) is 35.2 Å². The fraction of sp³-hybridized carbons (Fsp3) is 0. The van der Waals surface area contributed by atoms with Crippen molar-refractivity contribution in [1.82, 2.24) is 0 Å². The van der Waals surface area contributed by atoms with Gasteiger partial charge in [-0.3, -0.25) is 10.1 Å². The second kappa shape index (κ2) is 9.35. The number of halogens is 1. The molecule has 6 nitrogen and oxygen atoms in total. The van der Waals surface area contributed by atoms with Gasteiger partial charge in [0.15, 0.2) is 0 Å². The number of nitro benzene ring substituents is 1. The molecule has 1 aromatic rings. The standard InChI is InChI=1S/C6H5NO2.ClO3.Na/c8-7(9)6-4-2-1-3-5-6;2-1(3)4;/h1-5H;;/q;-1;+1. The van der Waals surface area contributed by atoms with Crippen molar-refractivity contribution in [1.29, 1.82) is 0 Å². The number of hydrogen-bond acceptors (Lipinski definition) is 5. The summed E-state index contributed by atoms with van der Waals surface area (Å²) < 4.78 is 25.2. The van der Waals surface area contributed by atoms with Crippen LogP contribution >= 0.6 is 0 Å². The van der Waals surface area contributed by atoms with Gasteiger partial charge >= 0.3 is 29.6 Å². The zero-order chi connectivity index (χ0) is 10.3. The molecule has 1 aromatic carbocycles. The summed E-state index contributed by atoms with van der Waals surface area (Å²) >= 11 is 0. The molecule has 0 saturated heterocycles. The Hall–Kier alpha value is -0.210. The van der Waals surface area contributed by atoms with E-state index >= 15 is 0 Å². The molecule has 0 unspecified atom stereocenters. The van der Waals surface area contributed by atoms with Crippen molar-refractivity contribution in [3.63, 3.8) is 0 Å². The summed E-state index contributed by atoms with van der Waals surface area (Å²) in [6, 6.07) is 7.93. The number of nitro groups is 1. The Bertz CT molecular complexity index is 255. The topological polar surface area (TPSA) is 112 Å². The molecule has 8 heteroatoms. The number of non-ortho nitro benzene ring substituents is 1. The average molecular weight is 230 g/mol. The monoisotopic (exact) mass is 229 g/mol. The van der Waals surface area contributed by atoms with Gasteiger partial charge in [0.2, 0.25) is 0 Å². The van der Waals surface area contributed by atoms with Crippen LogP contribution < -0.4 is 43.5 Å². The first kappa shape index (κ1) is 16.2. The quantitative estimate of drug-likeness (QED) is 0.272. The molecule has 0 saturated carbocycles. The molecule has 0 spiro atoms. The molecular formula is C6H5ClNNaO5. The molecular weight excluding hydrogens is 225 g/mol. The molecule has 0 fully saturated rings. The van der Waals surface area contributed by atoms with Crippen LogP contribution in [-0.4, -0.2) is 4.92 Å². The zero-order valence-corrected chi connectivity index (χ0v) is 10.0. The van der Waals surface area contributed by atoms with E-state index in [1.54, 1.807) is 18.2 Å². The molecule has 14 heavy (non-hydrogen) atoms. The second-order valence-corrected chi connectivity index (χ2v) is 2.16. The van der Waals surface area contributed by atoms with Crippen LogP contribution in [0.3, 0.4) is 0 Å². The van der Waals surface area contributed by atoms with Crippen LogP contribution in [-0.2, 0) is 0 Å². The third-order valence-corrected chi connectivity index (χ3v) is 0.967. The normalized spacial score (nSPS) is 8.29. The van der Waals surface area contributed by atoms with Crippen molar-refractivity contribution in [2.24, 2.45) is 0 Å². The Morgan fingerprint density at radius 3 is 1.64 bits per heavy atom. The summed E-state index contributed by atoms with van der Waals surface area (Å²) in [6.45, 7) is 0. The number of para-hydroxylation sites is 1. The van der Waals surface area contributed by atoms with Crippen molar-refractivity contribution in [2.75, 3.05) is 0 Å². The minimum Gasteiger partial charge on any atom is -0.357 e. The van der Waals surface area contributed by atoms with Gasteiger partial charge in [0.25, 0.3) is 5.69 Å². The van der Waals surface area contributed by atoms with E-state index < -0.39 is 15.7 Å². The molecule has 0 aliphatic rings. The minimum absolute atomic E-state index is 0. The Balaban J connectivity index is 0. The summed E-state index contributed by atoms with van der Waals surface area (Å²) in [5.74, 6) is 0. The minimum atomic E-state index is -2.85. The maximum absolute atomic E-state index is 10.0. The molecule has 0 radical (unpaired) electrons. The van der Waals surface area contributed by atoms with E-state index in [2.05, 4.69) is 0 Å². The van der Waals surface area contributed by atoms with Crippen molar-refractivity contribution >= 4 is 5.69 Å². The number of rotatable bonds is 1. The van der Waals surface area contributed by atoms with Gasteiger partial charge in [-0.25, -0.2) is 0 Å². The maximum atomic E-state index is 10.0. The Labute approximate surface area is 105 Å². The summed E-state index contributed by atoms with van der Waals surface area (Å²) in [5.41, 5.74) is 0.137. The van der Waals surface area contributed by atoms with Gasteiger partial charge in [-0.1, -0.05) is 18.2 Å². The van der Waals surface area contributed by atoms with Crippen molar-refractivity contribution in [3.8, 4) is 0 Å². The van der Waals surface area contributed by atoms with Crippen molar-refractivity contribution < 1.29 is 59.2 Å². The van der Waals surface area contributed by atoms with Gasteiger partial charge in [0, 0.05) is 12.1 Å². The second-order valence-electron chi connectivity index (χ2n) is 1.78. The van der Waals surface area contributed by atoms with Crippen molar-refractivity contribution in [3.05, 3.63) is 40.4 Å². The molecule has 0 heterocycles. The predicted molar refractivity (Wildman–Crippen MR) is 33.1 cm³/mol. The molecule has 72 valence electrons. The van der Waals surface area contributed by atoms with Gasteiger partial charge in [-0.05, 0) is 0 Å². The number of nitrogens with zero attached hydrogens (tertiary/aromatic N) is 1. The predicted octanol–water partition coefficient (Wildman–Crippen LogP) is -4.97. The van der Waals surface area contributed by atoms with Gasteiger partial charge in [0.05, 0.1) is 15.7 Å². The van der Waals surface area contributed by atoms with E-state index in [4.69, 9.17) is 14.0 Å². The SMILES string of the molecule is O=[N+]([O-])c1ccccc1.[Na+].[O-][Cl+2]([O-])[O-]. The van der Waals surface area contributed by atoms with Crippen molar-refractivity contribution in [2.45, 2.75) is 0 Å². The Morgan fingerprint density at radius 2 is 1.43 bits per heavy atom. The zero-order valence-electron chi connectivity index (χ0n) is 7.25. The van der Waals surface area contributed by atoms with Crippen LogP contribution in [0.15, 0.2) is 30.3 Å².